The number of carbonyl (C=O) groups is 2. The van der Waals surface area contributed by atoms with Crippen LogP contribution in [-0.4, -0.2) is 40.2 Å². The minimum absolute atomic E-state index is 0.0508. The lowest BCUT2D eigenvalue weighted by molar-refractivity contribution is -0.136. The van der Waals surface area contributed by atoms with Crippen molar-refractivity contribution in [1.82, 2.24) is 0 Å². The van der Waals surface area contributed by atoms with Crippen molar-refractivity contribution < 1.29 is 33.3 Å². The van der Waals surface area contributed by atoms with Gasteiger partial charge >= 0.3 is 5.97 Å². The number of benzene rings is 1. The van der Waals surface area contributed by atoms with Gasteiger partial charge in [-0.25, -0.2) is 4.79 Å². The van der Waals surface area contributed by atoms with Gasteiger partial charge in [0.1, 0.15) is 11.3 Å². The molecule has 1 aliphatic heterocycles. The van der Waals surface area contributed by atoms with E-state index < -0.39 is 11.9 Å². The van der Waals surface area contributed by atoms with Crippen molar-refractivity contribution in [2.45, 2.75) is 32.6 Å². The Balaban J connectivity index is 2.32. The van der Waals surface area contributed by atoms with Gasteiger partial charge in [0, 0.05) is 24.0 Å². The number of methoxy groups -OCH3 is 4. The van der Waals surface area contributed by atoms with Gasteiger partial charge in [0.2, 0.25) is 11.6 Å². The molecule has 8 heteroatoms. The number of nitrogens with two attached hydrogens (primary N) is 1. The minimum Gasteiger partial charge on any atom is -0.493 e. The van der Waals surface area contributed by atoms with E-state index in [-0.39, 0.29) is 22.7 Å². The van der Waals surface area contributed by atoms with Gasteiger partial charge in [-0.1, -0.05) is 19.9 Å². The average Bonchev–Trinajstić information content (AvgIpc) is 2.69. The molecule has 2 N–H and O–H groups in total. The minimum atomic E-state index is -0.820. The van der Waals surface area contributed by atoms with Gasteiger partial charge in [-0.3, -0.25) is 4.79 Å². The summed E-state index contributed by atoms with van der Waals surface area (Å²) in [5, 5.41) is 0. The molecular formula is C22H27NO7. The van der Waals surface area contributed by atoms with Gasteiger partial charge in [-0.05, 0) is 11.5 Å². The number of hydrogen-bond donors (Lipinski definition) is 1. The summed E-state index contributed by atoms with van der Waals surface area (Å²) in [5.74, 6) is -0.113. The second-order valence-electron chi connectivity index (χ2n) is 8.01. The van der Waals surface area contributed by atoms with Gasteiger partial charge in [0.05, 0.1) is 34.4 Å². The Hall–Kier alpha value is -3.16. The first-order valence-electron chi connectivity index (χ1n) is 9.50. The number of esters is 1. The van der Waals surface area contributed by atoms with Crippen molar-refractivity contribution in [3.8, 4) is 17.2 Å². The van der Waals surface area contributed by atoms with Crippen molar-refractivity contribution in [3.05, 3.63) is 40.5 Å². The fraction of sp³-hybridized carbons (Fsp3) is 0.455. The predicted octanol–water partition coefficient (Wildman–Crippen LogP) is 2.81. The molecule has 1 heterocycles. The number of hydrogen-bond acceptors (Lipinski definition) is 8. The van der Waals surface area contributed by atoms with E-state index in [4.69, 9.17) is 29.4 Å². The second kappa shape index (κ2) is 7.93. The number of Topliss-reactive ketones (excluding diaryl/α,β-unsaturated/α-hetero) is 1. The van der Waals surface area contributed by atoms with Crippen molar-refractivity contribution in [1.29, 1.82) is 0 Å². The van der Waals surface area contributed by atoms with Crippen LogP contribution in [0.4, 0.5) is 0 Å². The molecule has 0 spiro atoms. The van der Waals surface area contributed by atoms with Crippen LogP contribution < -0.4 is 19.9 Å². The van der Waals surface area contributed by atoms with Crippen LogP contribution in [0.5, 0.6) is 17.2 Å². The standard InChI is InChI=1S/C22H27NO7/c1-22(2)9-12(24)16-14(10-22)30-20(23)17(21(25)29-6)15(16)11-7-8-13(26-3)19(28-5)18(11)27-4/h7-8,15H,9-10,23H2,1-6H3/t15-/m1/s1. The molecule has 162 valence electrons. The van der Waals surface area contributed by atoms with Crippen LogP contribution in [0.2, 0.25) is 0 Å². The molecule has 1 aliphatic carbocycles. The van der Waals surface area contributed by atoms with E-state index in [0.717, 1.165) is 0 Å². The van der Waals surface area contributed by atoms with Crippen LogP contribution in [0.1, 0.15) is 38.2 Å². The average molecular weight is 417 g/mol. The van der Waals surface area contributed by atoms with Crippen molar-refractivity contribution in [2.75, 3.05) is 28.4 Å². The zero-order valence-corrected chi connectivity index (χ0v) is 18.1. The van der Waals surface area contributed by atoms with E-state index in [2.05, 4.69) is 0 Å². The predicted molar refractivity (Wildman–Crippen MR) is 108 cm³/mol. The summed E-state index contributed by atoms with van der Waals surface area (Å²) in [6, 6.07) is 3.42. The lowest BCUT2D eigenvalue weighted by atomic mass is 9.70. The van der Waals surface area contributed by atoms with Crippen LogP contribution in [0.25, 0.3) is 0 Å². The fourth-order valence-corrected chi connectivity index (χ4v) is 4.16. The van der Waals surface area contributed by atoms with Crippen LogP contribution in [0.15, 0.2) is 34.9 Å². The number of rotatable bonds is 5. The largest absolute Gasteiger partial charge is 0.493 e. The Kier molecular flexibility index (Phi) is 5.70. The zero-order chi connectivity index (χ0) is 22.2. The first-order valence-corrected chi connectivity index (χ1v) is 9.50. The van der Waals surface area contributed by atoms with E-state index in [9.17, 15) is 9.59 Å². The first-order chi connectivity index (χ1) is 14.2. The van der Waals surface area contributed by atoms with E-state index >= 15 is 0 Å². The Morgan fingerprint density at radius 1 is 1.07 bits per heavy atom. The van der Waals surface area contributed by atoms with Crippen LogP contribution in [-0.2, 0) is 19.1 Å². The number of carbonyl (C=O) groups excluding carboxylic acids is 2. The van der Waals surface area contributed by atoms with Crippen molar-refractivity contribution >= 4 is 11.8 Å². The summed E-state index contributed by atoms with van der Waals surface area (Å²) in [5.41, 5.74) is 6.83. The highest BCUT2D eigenvalue weighted by Gasteiger charge is 2.46. The maximum absolute atomic E-state index is 13.2. The smallest absolute Gasteiger partial charge is 0.340 e. The molecule has 0 saturated heterocycles. The van der Waals surface area contributed by atoms with E-state index in [1.807, 2.05) is 13.8 Å². The summed E-state index contributed by atoms with van der Waals surface area (Å²) in [6.45, 7) is 3.97. The van der Waals surface area contributed by atoms with Crippen molar-refractivity contribution in [2.24, 2.45) is 11.1 Å². The molecule has 1 aromatic carbocycles. The van der Waals surface area contributed by atoms with Gasteiger partial charge in [0.15, 0.2) is 17.3 Å². The summed E-state index contributed by atoms with van der Waals surface area (Å²) < 4.78 is 27.2. The van der Waals surface area contributed by atoms with Gasteiger partial charge < -0.3 is 29.4 Å². The van der Waals surface area contributed by atoms with E-state index in [1.165, 1.54) is 28.4 Å². The highest BCUT2D eigenvalue weighted by Crippen LogP contribution is 2.52. The first kappa shape index (κ1) is 21.5. The maximum Gasteiger partial charge on any atom is 0.340 e. The summed E-state index contributed by atoms with van der Waals surface area (Å²) >= 11 is 0. The molecule has 0 saturated carbocycles. The molecule has 30 heavy (non-hydrogen) atoms. The van der Waals surface area contributed by atoms with Gasteiger partial charge in [-0.2, -0.15) is 0 Å². The topological polar surface area (TPSA) is 106 Å². The Bertz CT molecular complexity index is 958. The van der Waals surface area contributed by atoms with Gasteiger partial charge in [-0.15, -0.1) is 0 Å². The molecule has 0 fully saturated rings. The third kappa shape index (κ3) is 3.46. The third-order valence-electron chi connectivity index (χ3n) is 5.41. The fourth-order valence-electron chi connectivity index (χ4n) is 4.16. The van der Waals surface area contributed by atoms with Gasteiger partial charge in [0.25, 0.3) is 0 Å². The maximum atomic E-state index is 13.2. The molecule has 0 aromatic heterocycles. The lowest BCUT2D eigenvalue weighted by Gasteiger charge is -2.38. The quantitative estimate of drug-likeness (QED) is 0.729. The van der Waals surface area contributed by atoms with E-state index in [1.54, 1.807) is 12.1 Å². The lowest BCUT2D eigenvalue weighted by Crippen LogP contribution is -2.35. The molecule has 2 aliphatic rings. The summed E-state index contributed by atoms with van der Waals surface area (Å²) in [4.78, 5) is 25.9. The zero-order valence-electron chi connectivity index (χ0n) is 18.1. The highest BCUT2D eigenvalue weighted by molar-refractivity contribution is 6.04. The number of ether oxygens (including phenoxy) is 5. The molecule has 1 aromatic rings. The molecular weight excluding hydrogens is 390 g/mol. The molecule has 0 bridgehead atoms. The number of ketones is 1. The Morgan fingerprint density at radius 2 is 1.73 bits per heavy atom. The van der Waals surface area contributed by atoms with Crippen LogP contribution >= 0.6 is 0 Å². The Morgan fingerprint density at radius 3 is 2.30 bits per heavy atom. The molecule has 0 unspecified atom stereocenters. The SMILES string of the molecule is COC(=O)C1=C(N)OC2=C(C(=O)CC(C)(C)C2)[C@H]1c1ccc(OC)c(OC)c1OC. The highest BCUT2D eigenvalue weighted by atomic mass is 16.5. The number of allylic oxidation sites excluding steroid dienone is 2. The molecule has 8 nitrogen and oxygen atoms in total. The van der Waals surface area contributed by atoms with Crippen LogP contribution in [0.3, 0.4) is 0 Å². The van der Waals surface area contributed by atoms with E-state index in [0.29, 0.717) is 47.0 Å². The Labute approximate surface area is 175 Å². The molecule has 0 radical (unpaired) electrons. The van der Waals surface area contributed by atoms with Crippen LogP contribution in [0, 0.1) is 5.41 Å². The summed E-state index contributed by atoms with van der Waals surface area (Å²) in [6.07, 6.45) is 0.824. The molecule has 3 rings (SSSR count). The molecule has 0 amide bonds. The molecule has 1 atom stereocenters. The second-order valence-corrected chi connectivity index (χ2v) is 8.01. The summed E-state index contributed by atoms with van der Waals surface area (Å²) in [7, 11) is 5.72. The monoisotopic (exact) mass is 417 g/mol. The normalized spacial score (nSPS) is 20.3. The third-order valence-corrected chi connectivity index (χ3v) is 5.41. The van der Waals surface area contributed by atoms with Crippen molar-refractivity contribution in [3.63, 3.8) is 0 Å².